The van der Waals surface area contributed by atoms with E-state index in [1.54, 1.807) is 6.20 Å². The van der Waals surface area contributed by atoms with Crippen LogP contribution in [0.3, 0.4) is 0 Å². The highest BCUT2D eigenvalue weighted by Crippen LogP contribution is 2.26. The van der Waals surface area contributed by atoms with Crippen LogP contribution in [0.15, 0.2) is 48.7 Å². The summed E-state index contributed by atoms with van der Waals surface area (Å²) in [7, 11) is 0. The van der Waals surface area contributed by atoms with Crippen LogP contribution in [0.2, 0.25) is 5.15 Å². The van der Waals surface area contributed by atoms with Crippen LogP contribution in [0.4, 0.5) is 11.4 Å². The van der Waals surface area contributed by atoms with Gasteiger partial charge < -0.3 is 4.90 Å². The van der Waals surface area contributed by atoms with Crippen molar-refractivity contribution in [3.05, 3.63) is 53.8 Å². The van der Waals surface area contributed by atoms with Crippen molar-refractivity contribution in [2.75, 3.05) is 11.4 Å². The van der Waals surface area contributed by atoms with E-state index in [0.717, 1.165) is 18.7 Å². The first-order chi connectivity index (χ1) is 8.81. The van der Waals surface area contributed by atoms with Crippen molar-refractivity contribution in [3.8, 4) is 0 Å². The van der Waals surface area contributed by atoms with Gasteiger partial charge in [0.05, 0.1) is 0 Å². The minimum atomic E-state index is 0.532. The summed E-state index contributed by atoms with van der Waals surface area (Å²) in [5, 5.41) is 0.532. The summed E-state index contributed by atoms with van der Waals surface area (Å²) in [5.41, 5.74) is 2.28. The largest absolute Gasteiger partial charge is 0.341 e. The summed E-state index contributed by atoms with van der Waals surface area (Å²) in [6.07, 6.45) is 4.07. The zero-order valence-electron chi connectivity index (χ0n) is 10.5. The van der Waals surface area contributed by atoms with Crippen molar-refractivity contribution < 1.29 is 0 Å². The maximum Gasteiger partial charge on any atom is 0.131 e. The fourth-order valence-electron chi connectivity index (χ4n) is 1.89. The van der Waals surface area contributed by atoms with Crippen molar-refractivity contribution >= 4 is 23.0 Å². The van der Waals surface area contributed by atoms with E-state index in [1.165, 1.54) is 12.1 Å². The summed E-state index contributed by atoms with van der Waals surface area (Å²) >= 11 is 5.97. The molecule has 3 heteroatoms. The number of unbranched alkanes of at least 4 members (excludes halogenated alkanes) is 1. The van der Waals surface area contributed by atoms with E-state index in [4.69, 9.17) is 11.6 Å². The Morgan fingerprint density at radius 3 is 2.56 bits per heavy atom. The maximum atomic E-state index is 5.97. The Morgan fingerprint density at radius 2 is 1.89 bits per heavy atom. The van der Waals surface area contributed by atoms with Crippen molar-refractivity contribution in [1.29, 1.82) is 0 Å². The molecule has 1 heterocycles. The van der Waals surface area contributed by atoms with Crippen LogP contribution < -0.4 is 4.90 Å². The Balaban J connectivity index is 2.31. The second kappa shape index (κ2) is 6.41. The molecule has 2 aromatic rings. The van der Waals surface area contributed by atoms with Crippen LogP contribution in [0.1, 0.15) is 19.8 Å². The molecule has 1 aromatic carbocycles. The highest BCUT2D eigenvalue weighted by atomic mass is 35.5. The lowest BCUT2D eigenvalue weighted by Gasteiger charge is -2.24. The summed E-state index contributed by atoms with van der Waals surface area (Å²) in [6.45, 7) is 3.18. The molecule has 0 spiro atoms. The van der Waals surface area contributed by atoms with Gasteiger partial charge in [0, 0.05) is 24.1 Å². The van der Waals surface area contributed by atoms with Crippen LogP contribution in [-0.2, 0) is 0 Å². The molecule has 0 radical (unpaired) electrons. The predicted molar refractivity (Wildman–Crippen MR) is 77.6 cm³/mol. The van der Waals surface area contributed by atoms with Gasteiger partial charge in [-0.2, -0.15) is 0 Å². The van der Waals surface area contributed by atoms with E-state index in [2.05, 4.69) is 41.1 Å². The lowest BCUT2D eigenvalue weighted by molar-refractivity contribution is 0.785. The molecule has 0 bridgehead atoms. The van der Waals surface area contributed by atoms with E-state index < -0.39 is 0 Å². The average molecular weight is 261 g/mol. The Kier molecular flexibility index (Phi) is 4.59. The first-order valence-corrected chi connectivity index (χ1v) is 6.63. The summed E-state index contributed by atoms with van der Waals surface area (Å²) in [6, 6.07) is 14.3. The molecule has 0 aliphatic carbocycles. The van der Waals surface area contributed by atoms with Gasteiger partial charge in [-0.3, -0.25) is 0 Å². The van der Waals surface area contributed by atoms with Crippen LogP contribution in [0.25, 0.3) is 0 Å². The molecule has 18 heavy (non-hydrogen) atoms. The second-order valence-corrected chi connectivity index (χ2v) is 4.56. The van der Waals surface area contributed by atoms with E-state index in [-0.39, 0.29) is 0 Å². The van der Waals surface area contributed by atoms with Crippen LogP contribution in [0, 0.1) is 0 Å². The third-order valence-corrected chi connectivity index (χ3v) is 3.03. The molecule has 0 saturated carbocycles. The minimum absolute atomic E-state index is 0.532. The number of para-hydroxylation sites is 1. The first-order valence-electron chi connectivity index (χ1n) is 6.25. The number of anilines is 2. The van der Waals surface area contributed by atoms with Gasteiger partial charge in [0.2, 0.25) is 0 Å². The maximum absolute atomic E-state index is 5.97. The average Bonchev–Trinajstić information content (AvgIpc) is 2.40. The van der Waals surface area contributed by atoms with Gasteiger partial charge in [-0.25, -0.2) is 4.98 Å². The molecule has 0 fully saturated rings. The number of hydrogen-bond acceptors (Lipinski definition) is 2. The van der Waals surface area contributed by atoms with Crippen LogP contribution in [-0.4, -0.2) is 11.5 Å². The molecule has 1 aromatic heterocycles. The molecular formula is C15H17ClN2. The number of rotatable bonds is 5. The van der Waals surface area contributed by atoms with Gasteiger partial charge in [0.15, 0.2) is 0 Å². The van der Waals surface area contributed by atoms with Crippen molar-refractivity contribution in [2.45, 2.75) is 19.8 Å². The van der Waals surface area contributed by atoms with Gasteiger partial charge in [0.25, 0.3) is 0 Å². The van der Waals surface area contributed by atoms with Gasteiger partial charge in [-0.15, -0.1) is 0 Å². The van der Waals surface area contributed by atoms with Crippen LogP contribution >= 0.6 is 11.6 Å². The number of pyridine rings is 1. The van der Waals surface area contributed by atoms with Crippen molar-refractivity contribution in [1.82, 2.24) is 4.98 Å². The number of nitrogens with zero attached hydrogens (tertiary/aromatic N) is 2. The van der Waals surface area contributed by atoms with Crippen LogP contribution in [0.5, 0.6) is 0 Å². The minimum Gasteiger partial charge on any atom is -0.341 e. The Morgan fingerprint density at radius 1 is 1.11 bits per heavy atom. The highest BCUT2D eigenvalue weighted by Gasteiger charge is 2.08. The lowest BCUT2D eigenvalue weighted by Crippen LogP contribution is -2.18. The number of hydrogen-bond donors (Lipinski definition) is 0. The predicted octanol–water partition coefficient (Wildman–Crippen LogP) is 4.67. The molecule has 0 amide bonds. The zero-order chi connectivity index (χ0) is 12.8. The highest BCUT2D eigenvalue weighted by molar-refractivity contribution is 6.29. The Labute approximate surface area is 113 Å². The molecule has 0 N–H and O–H groups in total. The monoisotopic (exact) mass is 260 g/mol. The second-order valence-electron chi connectivity index (χ2n) is 4.18. The molecule has 2 rings (SSSR count). The number of aromatic nitrogens is 1. The fraction of sp³-hybridized carbons (Fsp3) is 0.267. The van der Waals surface area contributed by atoms with Gasteiger partial charge in [-0.05, 0) is 30.7 Å². The number of benzene rings is 1. The van der Waals surface area contributed by atoms with Crippen molar-refractivity contribution in [2.24, 2.45) is 0 Å². The summed E-state index contributed by atoms with van der Waals surface area (Å²) in [4.78, 5) is 6.31. The smallest absolute Gasteiger partial charge is 0.131 e. The SMILES string of the molecule is CCCCN(c1ccccc1)c1ccnc(Cl)c1. The molecule has 0 atom stereocenters. The molecule has 2 nitrogen and oxygen atoms in total. The van der Waals surface area contributed by atoms with E-state index in [9.17, 15) is 0 Å². The third-order valence-electron chi connectivity index (χ3n) is 2.82. The first kappa shape index (κ1) is 12.9. The quantitative estimate of drug-likeness (QED) is 0.726. The van der Waals surface area contributed by atoms with Gasteiger partial charge in [-0.1, -0.05) is 43.1 Å². The van der Waals surface area contributed by atoms with E-state index >= 15 is 0 Å². The standard InChI is InChI=1S/C15H17ClN2/c1-2-3-11-18(13-7-5-4-6-8-13)14-9-10-17-15(16)12-14/h4-10,12H,2-3,11H2,1H3. The zero-order valence-corrected chi connectivity index (χ0v) is 11.3. The Bertz CT molecular complexity index is 485. The summed E-state index contributed by atoms with van der Waals surface area (Å²) < 4.78 is 0. The summed E-state index contributed by atoms with van der Waals surface area (Å²) in [5.74, 6) is 0. The third kappa shape index (κ3) is 3.23. The molecule has 0 saturated heterocycles. The molecule has 0 aliphatic rings. The molecule has 94 valence electrons. The van der Waals surface area contributed by atoms with E-state index in [0.29, 0.717) is 5.15 Å². The van der Waals surface area contributed by atoms with Gasteiger partial charge in [0.1, 0.15) is 5.15 Å². The molecule has 0 unspecified atom stereocenters. The number of halogens is 1. The normalized spacial score (nSPS) is 10.3. The molecule has 0 aliphatic heterocycles. The van der Waals surface area contributed by atoms with Gasteiger partial charge >= 0.3 is 0 Å². The lowest BCUT2D eigenvalue weighted by atomic mass is 10.2. The molecular weight excluding hydrogens is 244 g/mol. The fourth-order valence-corrected chi connectivity index (χ4v) is 2.06. The topological polar surface area (TPSA) is 16.1 Å². The van der Waals surface area contributed by atoms with E-state index in [1.807, 2.05) is 18.2 Å². The Hall–Kier alpha value is -1.54. The van der Waals surface area contributed by atoms with Crippen molar-refractivity contribution in [3.63, 3.8) is 0 Å².